The highest BCUT2D eigenvalue weighted by molar-refractivity contribution is 7.89. The molecule has 2 aliphatic heterocycles. The van der Waals surface area contributed by atoms with Crippen molar-refractivity contribution in [2.45, 2.75) is 50.0 Å². The molecular weight excluding hydrogens is 422 g/mol. The maximum atomic E-state index is 13.0. The van der Waals surface area contributed by atoms with Crippen molar-refractivity contribution in [3.05, 3.63) is 60.2 Å². The molecule has 2 aliphatic rings. The highest BCUT2D eigenvalue weighted by Crippen LogP contribution is 2.26. The van der Waals surface area contributed by atoms with Gasteiger partial charge in [0.05, 0.1) is 16.9 Å². The molecule has 0 aliphatic carbocycles. The average molecular weight is 456 g/mol. The van der Waals surface area contributed by atoms with Crippen LogP contribution in [0.2, 0.25) is 0 Å². The van der Waals surface area contributed by atoms with Crippen molar-refractivity contribution in [3.63, 3.8) is 0 Å². The summed E-state index contributed by atoms with van der Waals surface area (Å²) in [5.74, 6) is -0.414. The van der Waals surface area contributed by atoms with Crippen molar-refractivity contribution in [1.29, 1.82) is 0 Å². The van der Waals surface area contributed by atoms with Crippen LogP contribution in [0.25, 0.3) is 0 Å². The summed E-state index contributed by atoms with van der Waals surface area (Å²) in [6.07, 6.45) is 5.18. The van der Waals surface area contributed by atoms with E-state index in [4.69, 9.17) is 0 Å². The third-order valence-electron chi connectivity index (χ3n) is 6.61. The molecule has 0 aromatic heterocycles. The van der Waals surface area contributed by atoms with E-state index in [1.807, 2.05) is 6.92 Å². The number of sulfonamides is 1. The Morgan fingerprint density at radius 2 is 1.62 bits per heavy atom. The normalized spacial score (nSPS) is 21.2. The summed E-state index contributed by atoms with van der Waals surface area (Å²) in [7, 11) is -3.58. The monoisotopic (exact) mass is 455 g/mol. The molecule has 2 heterocycles. The van der Waals surface area contributed by atoms with E-state index in [1.165, 1.54) is 29.3 Å². The lowest BCUT2D eigenvalue weighted by Gasteiger charge is -2.32. The third kappa shape index (κ3) is 5.15. The van der Waals surface area contributed by atoms with Gasteiger partial charge >= 0.3 is 0 Å². The fourth-order valence-corrected chi connectivity index (χ4v) is 6.20. The molecule has 32 heavy (non-hydrogen) atoms. The number of anilines is 1. The number of benzene rings is 2. The minimum absolute atomic E-state index is 0.0782. The Labute approximate surface area is 191 Å². The van der Waals surface area contributed by atoms with E-state index in [0.29, 0.717) is 19.4 Å². The molecule has 2 saturated heterocycles. The zero-order chi connectivity index (χ0) is 22.6. The second kappa shape index (κ2) is 10.0. The number of amides is 1. The highest BCUT2D eigenvalue weighted by atomic mass is 32.2. The van der Waals surface area contributed by atoms with E-state index in [0.717, 1.165) is 18.7 Å². The quantitative estimate of drug-likeness (QED) is 0.716. The van der Waals surface area contributed by atoms with Crippen LogP contribution in [0, 0.1) is 5.92 Å². The highest BCUT2D eigenvalue weighted by Gasteiger charge is 2.33. The van der Waals surface area contributed by atoms with Gasteiger partial charge in [0.1, 0.15) is 0 Å². The summed E-state index contributed by atoms with van der Waals surface area (Å²) < 4.78 is 27.4. The van der Waals surface area contributed by atoms with Gasteiger partial charge in [-0.05, 0) is 68.9 Å². The minimum atomic E-state index is -3.58. The van der Waals surface area contributed by atoms with E-state index < -0.39 is 10.0 Å². The second-order valence-electron chi connectivity index (χ2n) is 8.88. The topological polar surface area (TPSA) is 69.7 Å². The Hall–Kier alpha value is -2.38. The molecule has 0 bridgehead atoms. The number of hydrogen-bond acceptors (Lipinski definition) is 4. The van der Waals surface area contributed by atoms with Crippen molar-refractivity contribution in [2.75, 3.05) is 31.1 Å². The van der Waals surface area contributed by atoms with Gasteiger partial charge in [-0.15, -0.1) is 0 Å². The van der Waals surface area contributed by atoms with Crippen molar-refractivity contribution >= 4 is 21.6 Å². The number of carbonyl (C=O) groups excluding carboxylic acids is 1. The molecule has 7 heteroatoms. The third-order valence-corrected chi connectivity index (χ3v) is 8.49. The Bertz CT molecular complexity index is 1000. The molecule has 2 aromatic carbocycles. The van der Waals surface area contributed by atoms with Crippen molar-refractivity contribution in [3.8, 4) is 0 Å². The zero-order valence-corrected chi connectivity index (χ0v) is 19.6. The lowest BCUT2D eigenvalue weighted by Crippen LogP contribution is -2.45. The smallest absolute Gasteiger partial charge is 0.243 e. The Kier molecular flexibility index (Phi) is 7.16. The first-order valence-corrected chi connectivity index (χ1v) is 13.1. The summed E-state index contributed by atoms with van der Waals surface area (Å²) in [6.45, 7) is 4.87. The summed E-state index contributed by atoms with van der Waals surface area (Å²) >= 11 is 0. The number of nitrogens with zero attached hydrogens (tertiary/aromatic N) is 2. The van der Waals surface area contributed by atoms with E-state index in [2.05, 4.69) is 34.5 Å². The van der Waals surface area contributed by atoms with Crippen LogP contribution in [-0.4, -0.2) is 44.8 Å². The molecule has 2 aromatic rings. The van der Waals surface area contributed by atoms with Crippen molar-refractivity contribution < 1.29 is 13.2 Å². The Morgan fingerprint density at radius 3 is 2.31 bits per heavy atom. The summed E-state index contributed by atoms with van der Waals surface area (Å²) in [4.78, 5) is 15.7. The predicted molar refractivity (Wildman–Crippen MR) is 127 cm³/mol. The molecule has 6 nitrogen and oxygen atoms in total. The molecule has 0 radical (unpaired) electrons. The number of carbonyl (C=O) groups is 1. The number of hydrogen-bond donors (Lipinski definition) is 1. The summed E-state index contributed by atoms with van der Waals surface area (Å²) in [5.41, 5.74) is 2.30. The van der Waals surface area contributed by atoms with Crippen LogP contribution in [0.15, 0.2) is 59.5 Å². The SMILES string of the molecule is CC(NC(=O)C1CCCN(S(=O)(=O)c2ccccc2)C1)c1ccc(N2CCCCC2)cc1. The van der Waals surface area contributed by atoms with Gasteiger partial charge in [0.15, 0.2) is 0 Å². The van der Waals surface area contributed by atoms with Crippen LogP contribution >= 0.6 is 0 Å². The molecule has 172 valence electrons. The van der Waals surface area contributed by atoms with E-state index in [1.54, 1.807) is 30.3 Å². The summed E-state index contributed by atoms with van der Waals surface area (Å²) in [5, 5.41) is 3.10. The maximum Gasteiger partial charge on any atom is 0.243 e. The maximum absolute atomic E-state index is 13.0. The van der Waals surface area contributed by atoms with E-state index >= 15 is 0 Å². The fraction of sp³-hybridized carbons (Fsp3) is 0.480. The molecule has 2 fully saturated rings. The van der Waals surface area contributed by atoms with Gasteiger partial charge in [-0.3, -0.25) is 4.79 Å². The van der Waals surface area contributed by atoms with E-state index in [9.17, 15) is 13.2 Å². The number of piperidine rings is 2. The van der Waals surface area contributed by atoms with Crippen LogP contribution in [0.4, 0.5) is 5.69 Å². The molecular formula is C25H33N3O3S. The largest absolute Gasteiger partial charge is 0.372 e. The van der Waals surface area contributed by atoms with Crippen molar-refractivity contribution in [1.82, 2.24) is 9.62 Å². The molecule has 2 atom stereocenters. The minimum Gasteiger partial charge on any atom is -0.372 e. The first-order valence-electron chi connectivity index (χ1n) is 11.7. The first kappa shape index (κ1) is 22.8. The molecule has 1 amide bonds. The van der Waals surface area contributed by atoms with Gasteiger partial charge in [-0.2, -0.15) is 4.31 Å². The molecule has 1 N–H and O–H groups in total. The average Bonchev–Trinajstić information content (AvgIpc) is 2.85. The zero-order valence-electron chi connectivity index (χ0n) is 18.7. The number of rotatable bonds is 6. The lowest BCUT2D eigenvalue weighted by atomic mass is 9.97. The van der Waals surface area contributed by atoms with Crippen LogP contribution in [0.3, 0.4) is 0 Å². The second-order valence-corrected chi connectivity index (χ2v) is 10.8. The van der Waals surface area contributed by atoms with Crippen LogP contribution < -0.4 is 10.2 Å². The van der Waals surface area contributed by atoms with Crippen LogP contribution in [0.5, 0.6) is 0 Å². The molecule has 4 rings (SSSR count). The predicted octanol–water partition coefficient (Wildman–Crippen LogP) is 3.96. The molecule has 2 unspecified atom stereocenters. The van der Waals surface area contributed by atoms with Gasteiger partial charge in [0.2, 0.25) is 15.9 Å². The molecule has 0 saturated carbocycles. The summed E-state index contributed by atoms with van der Waals surface area (Å²) in [6, 6.07) is 16.8. The van der Waals surface area contributed by atoms with Gasteiger partial charge < -0.3 is 10.2 Å². The standard InChI is InChI=1S/C25H33N3O3S/c1-20(21-12-14-23(15-13-21)27-16-6-3-7-17-27)26-25(29)22-9-8-18-28(19-22)32(30,31)24-10-4-2-5-11-24/h2,4-5,10-15,20,22H,3,6-9,16-19H2,1H3,(H,26,29). The Balaban J connectivity index is 1.36. The fourth-order valence-electron chi connectivity index (χ4n) is 4.66. The van der Waals surface area contributed by atoms with Gasteiger partial charge in [0.25, 0.3) is 0 Å². The lowest BCUT2D eigenvalue weighted by molar-refractivity contribution is -0.126. The van der Waals surface area contributed by atoms with Gasteiger partial charge in [0, 0.05) is 31.9 Å². The number of nitrogens with one attached hydrogen (secondary N) is 1. The van der Waals surface area contributed by atoms with Crippen molar-refractivity contribution in [2.24, 2.45) is 5.92 Å². The first-order chi connectivity index (χ1) is 15.4. The van der Waals surface area contributed by atoms with Crippen LogP contribution in [0.1, 0.15) is 50.6 Å². The van der Waals surface area contributed by atoms with Gasteiger partial charge in [-0.1, -0.05) is 30.3 Å². The van der Waals surface area contributed by atoms with Gasteiger partial charge in [-0.25, -0.2) is 8.42 Å². The molecule has 0 spiro atoms. The van der Waals surface area contributed by atoms with E-state index in [-0.39, 0.29) is 29.3 Å². The Morgan fingerprint density at radius 1 is 0.938 bits per heavy atom. The van der Waals surface area contributed by atoms with Crippen LogP contribution in [-0.2, 0) is 14.8 Å².